The number of nitrogens with one attached hydrogen (secondary N) is 1. The van der Waals surface area contributed by atoms with Crippen LogP contribution in [0.4, 0.5) is 5.69 Å². The summed E-state index contributed by atoms with van der Waals surface area (Å²) in [7, 11) is 3.00. The summed E-state index contributed by atoms with van der Waals surface area (Å²) in [5.74, 6) is 0.211. The molecule has 0 unspecified atom stereocenters. The van der Waals surface area contributed by atoms with Gasteiger partial charge in [0.25, 0.3) is 0 Å². The van der Waals surface area contributed by atoms with Crippen LogP contribution in [0.5, 0.6) is 11.5 Å². The molecule has 3 rings (SSSR count). The van der Waals surface area contributed by atoms with Crippen molar-refractivity contribution in [2.45, 2.75) is 37.6 Å². The Morgan fingerprint density at radius 1 is 1.46 bits per heavy atom. The van der Waals surface area contributed by atoms with Gasteiger partial charge < -0.3 is 24.3 Å². The molecule has 2 aliphatic rings. The van der Waals surface area contributed by atoms with Crippen molar-refractivity contribution >= 4 is 33.5 Å². The summed E-state index contributed by atoms with van der Waals surface area (Å²) in [6, 6.07) is 1.64. The molecule has 2 heterocycles. The molecule has 3 atom stereocenters. The van der Waals surface area contributed by atoms with Crippen molar-refractivity contribution in [1.82, 2.24) is 0 Å². The summed E-state index contributed by atoms with van der Waals surface area (Å²) in [5.41, 5.74) is 0.0582. The maximum atomic E-state index is 12.4. The molecule has 2 fully saturated rings. The third kappa shape index (κ3) is 2.87. The maximum absolute atomic E-state index is 12.4. The number of allylic oxidation sites excluding steroid dienone is 1. The molecule has 0 aromatic heterocycles. The first kappa shape index (κ1) is 18.7. The van der Waals surface area contributed by atoms with Gasteiger partial charge in [-0.25, -0.2) is 4.79 Å². The van der Waals surface area contributed by atoms with E-state index in [1.807, 2.05) is 0 Å². The normalized spacial score (nSPS) is 25.9. The standard InChI is InChI=1S/C18H20BrNO6/c1-5-6-7-18-16(26-18)15(25-17(18)22)12-13(19)11(23-3)8-10(14(12)24-4)20-9(2)21/h5,8,15-16H,1,6-7H2,2-4H3,(H,20,21)/t15-,16+,18-/m1/s1. The number of rotatable bonds is 7. The number of esters is 1. The van der Waals surface area contributed by atoms with Crippen LogP contribution in [0.15, 0.2) is 23.2 Å². The Morgan fingerprint density at radius 2 is 2.19 bits per heavy atom. The van der Waals surface area contributed by atoms with E-state index in [2.05, 4.69) is 27.8 Å². The monoisotopic (exact) mass is 425 g/mol. The molecule has 1 aromatic carbocycles. The predicted molar refractivity (Wildman–Crippen MR) is 97.4 cm³/mol. The topological polar surface area (TPSA) is 86.4 Å². The number of benzene rings is 1. The number of carbonyl (C=O) groups is 2. The highest BCUT2D eigenvalue weighted by Gasteiger charge is 2.73. The minimum Gasteiger partial charge on any atom is -0.495 e. The number of cyclic esters (lactones) is 1. The second kappa shape index (κ2) is 6.92. The molecule has 1 aromatic rings. The third-order valence-electron chi connectivity index (χ3n) is 4.55. The first-order valence-electron chi connectivity index (χ1n) is 8.11. The van der Waals surface area contributed by atoms with Crippen LogP contribution in [0, 0.1) is 0 Å². The average molecular weight is 426 g/mol. The molecule has 1 amide bonds. The van der Waals surface area contributed by atoms with Gasteiger partial charge in [0.1, 0.15) is 11.9 Å². The van der Waals surface area contributed by atoms with E-state index in [9.17, 15) is 9.59 Å². The number of anilines is 1. The lowest BCUT2D eigenvalue weighted by Gasteiger charge is -2.21. The van der Waals surface area contributed by atoms with Crippen molar-refractivity contribution in [2.24, 2.45) is 0 Å². The van der Waals surface area contributed by atoms with E-state index in [-0.39, 0.29) is 5.91 Å². The molecule has 2 saturated heterocycles. The molecule has 2 aliphatic heterocycles. The van der Waals surface area contributed by atoms with Crippen molar-refractivity contribution in [3.63, 3.8) is 0 Å². The molecule has 0 aliphatic carbocycles. The lowest BCUT2D eigenvalue weighted by Crippen LogP contribution is -2.22. The zero-order chi connectivity index (χ0) is 19.1. The summed E-state index contributed by atoms with van der Waals surface area (Å²) in [5, 5.41) is 2.71. The van der Waals surface area contributed by atoms with Crippen LogP contribution < -0.4 is 14.8 Å². The van der Waals surface area contributed by atoms with Gasteiger partial charge in [-0.2, -0.15) is 0 Å². The number of fused-ring (bicyclic) bond motifs is 1. The van der Waals surface area contributed by atoms with Crippen LogP contribution in [-0.4, -0.2) is 37.8 Å². The Kier molecular flexibility index (Phi) is 4.98. The molecule has 1 N–H and O–H groups in total. The van der Waals surface area contributed by atoms with Crippen LogP contribution in [0.25, 0.3) is 0 Å². The summed E-state index contributed by atoms with van der Waals surface area (Å²) >= 11 is 3.50. The van der Waals surface area contributed by atoms with Gasteiger partial charge in [0.15, 0.2) is 17.5 Å². The summed E-state index contributed by atoms with van der Waals surface area (Å²) in [4.78, 5) is 24.0. The van der Waals surface area contributed by atoms with Crippen molar-refractivity contribution in [2.75, 3.05) is 19.5 Å². The molecule has 0 radical (unpaired) electrons. The van der Waals surface area contributed by atoms with Crippen LogP contribution >= 0.6 is 15.9 Å². The molecule has 0 saturated carbocycles. The van der Waals surface area contributed by atoms with Gasteiger partial charge in [-0.15, -0.1) is 6.58 Å². The summed E-state index contributed by atoms with van der Waals surface area (Å²) in [6.45, 7) is 5.08. The summed E-state index contributed by atoms with van der Waals surface area (Å²) in [6.07, 6.45) is 1.81. The Balaban J connectivity index is 2.06. The number of ether oxygens (including phenoxy) is 4. The Bertz CT molecular complexity index is 779. The van der Waals surface area contributed by atoms with E-state index < -0.39 is 23.8 Å². The van der Waals surface area contributed by atoms with Gasteiger partial charge in [-0.3, -0.25) is 4.79 Å². The number of halogens is 1. The molecule has 0 spiro atoms. The number of carbonyl (C=O) groups excluding carboxylic acids is 2. The number of methoxy groups -OCH3 is 2. The zero-order valence-electron chi connectivity index (χ0n) is 14.8. The Morgan fingerprint density at radius 3 is 2.73 bits per heavy atom. The van der Waals surface area contributed by atoms with Crippen molar-refractivity contribution < 1.29 is 28.5 Å². The minimum atomic E-state index is -0.930. The largest absolute Gasteiger partial charge is 0.495 e. The maximum Gasteiger partial charge on any atom is 0.342 e. The van der Waals surface area contributed by atoms with Gasteiger partial charge in [-0.1, -0.05) is 6.08 Å². The second-order valence-electron chi connectivity index (χ2n) is 6.15. The molecule has 26 heavy (non-hydrogen) atoms. The van der Waals surface area contributed by atoms with E-state index >= 15 is 0 Å². The molecular weight excluding hydrogens is 406 g/mol. The number of amides is 1. The van der Waals surface area contributed by atoms with Crippen molar-refractivity contribution in [3.05, 3.63) is 28.8 Å². The highest BCUT2D eigenvalue weighted by atomic mass is 79.9. The zero-order valence-corrected chi connectivity index (χ0v) is 16.3. The van der Waals surface area contributed by atoms with Gasteiger partial charge in [0, 0.05) is 13.0 Å². The van der Waals surface area contributed by atoms with Crippen molar-refractivity contribution in [3.8, 4) is 11.5 Å². The van der Waals surface area contributed by atoms with Gasteiger partial charge in [0.2, 0.25) is 5.91 Å². The molecule has 8 heteroatoms. The van der Waals surface area contributed by atoms with Crippen LogP contribution in [0.1, 0.15) is 31.4 Å². The fraction of sp³-hybridized carbons (Fsp3) is 0.444. The van der Waals surface area contributed by atoms with Crippen molar-refractivity contribution in [1.29, 1.82) is 0 Å². The quantitative estimate of drug-likeness (QED) is 0.410. The SMILES string of the molecule is C=CCC[C@@]12O[C@H]1[C@@H](c1c(Br)c(OC)cc(NC(C)=O)c1OC)OC2=O. The number of hydrogen-bond acceptors (Lipinski definition) is 6. The Hall–Kier alpha value is -2.06. The molecule has 0 bridgehead atoms. The lowest BCUT2D eigenvalue weighted by atomic mass is 9.95. The highest BCUT2D eigenvalue weighted by Crippen LogP contribution is 2.59. The van der Waals surface area contributed by atoms with Gasteiger partial charge in [-0.05, 0) is 28.8 Å². The van der Waals surface area contributed by atoms with E-state index in [0.717, 1.165) is 0 Å². The lowest BCUT2D eigenvalue weighted by molar-refractivity contribution is -0.154. The van der Waals surface area contributed by atoms with Crippen LogP contribution in [0.3, 0.4) is 0 Å². The first-order valence-corrected chi connectivity index (χ1v) is 8.90. The molecular formula is C18H20BrNO6. The fourth-order valence-electron chi connectivity index (χ4n) is 3.31. The number of epoxide rings is 1. The second-order valence-corrected chi connectivity index (χ2v) is 6.94. The van der Waals surface area contributed by atoms with E-state index in [1.54, 1.807) is 12.1 Å². The Labute approximate surface area is 159 Å². The van der Waals surface area contributed by atoms with E-state index in [0.29, 0.717) is 40.1 Å². The van der Waals surface area contributed by atoms with Gasteiger partial charge >= 0.3 is 5.97 Å². The predicted octanol–water partition coefficient (Wildman–Crippen LogP) is 3.13. The third-order valence-corrected chi connectivity index (χ3v) is 5.37. The number of hydrogen-bond donors (Lipinski definition) is 1. The first-order chi connectivity index (χ1) is 12.4. The smallest absolute Gasteiger partial charge is 0.342 e. The van der Waals surface area contributed by atoms with Gasteiger partial charge in [0.05, 0.1) is 29.9 Å². The molecule has 140 valence electrons. The average Bonchev–Trinajstić information content (AvgIpc) is 3.27. The summed E-state index contributed by atoms with van der Waals surface area (Å²) < 4.78 is 22.8. The minimum absolute atomic E-state index is 0.259. The molecule has 7 nitrogen and oxygen atoms in total. The van der Waals surface area contributed by atoms with E-state index in [1.165, 1.54) is 21.1 Å². The fourth-order valence-corrected chi connectivity index (χ4v) is 3.99. The van der Waals surface area contributed by atoms with E-state index in [4.69, 9.17) is 18.9 Å². The van der Waals surface area contributed by atoms with Crippen LogP contribution in [-0.2, 0) is 19.1 Å². The highest BCUT2D eigenvalue weighted by molar-refractivity contribution is 9.10. The van der Waals surface area contributed by atoms with Crippen LogP contribution in [0.2, 0.25) is 0 Å².